The topological polar surface area (TPSA) is 157 Å². The van der Waals surface area contributed by atoms with E-state index in [4.69, 9.17) is 18.9 Å². The van der Waals surface area contributed by atoms with Gasteiger partial charge in [-0.2, -0.15) is 0 Å². The molecule has 1 saturated carbocycles. The Balaban J connectivity index is 1.19. The molecule has 0 amide bonds. The van der Waals surface area contributed by atoms with Gasteiger partial charge in [0.15, 0.2) is 6.10 Å². The number of nitrogens with one attached hydrogen (secondary N) is 1. The largest absolute Gasteiger partial charge is 0.468 e. The van der Waals surface area contributed by atoms with Gasteiger partial charge in [0.25, 0.3) is 0 Å². The van der Waals surface area contributed by atoms with Crippen molar-refractivity contribution >= 4 is 40.6 Å². The summed E-state index contributed by atoms with van der Waals surface area (Å²) in [6.45, 7) is 12.1. The van der Waals surface area contributed by atoms with Crippen LogP contribution in [0.4, 0.5) is 0 Å². The summed E-state index contributed by atoms with van der Waals surface area (Å²) in [4.78, 5) is 57.8. The fourth-order valence-electron chi connectivity index (χ4n) is 15.4. The molecule has 364 valence electrons. The van der Waals surface area contributed by atoms with Gasteiger partial charge in [-0.15, -0.1) is 11.8 Å². The fraction of sp³-hybridized carbons (Fsp3) is 0.673. The van der Waals surface area contributed by atoms with Crippen molar-refractivity contribution in [3.63, 3.8) is 0 Å². The van der Waals surface area contributed by atoms with E-state index >= 15 is 4.79 Å². The average molecular weight is 942 g/mol. The number of carbonyl (C=O) groups is 3. The molecule has 3 unspecified atom stereocenters. The molecule has 6 aliphatic heterocycles. The predicted molar refractivity (Wildman–Crippen MR) is 255 cm³/mol. The average Bonchev–Trinajstić information content (AvgIpc) is 4.13. The van der Waals surface area contributed by atoms with Crippen molar-refractivity contribution < 1.29 is 43.5 Å². The molecular weight excluding hydrogens is 871 g/mol. The van der Waals surface area contributed by atoms with Crippen LogP contribution in [-0.4, -0.2) is 175 Å². The molecule has 2 aromatic rings. The molecule has 7 heterocycles. The van der Waals surface area contributed by atoms with E-state index in [9.17, 15) is 19.8 Å². The number of thioether (sulfide) groups is 1. The van der Waals surface area contributed by atoms with Crippen LogP contribution in [0.2, 0.25) is 0 Å². The van der Waals surface area contributed by atoms with Crippen LogP contribution >= 0.6 is 11.8 Å². The molecule has 5 fully saturated rings. The van der Waals surface area contributed by atoms with Crippen molar-refractivity contribution in [1.82, 2.24) is 24.6 Å². The lowest BCUT2D eigenvalue weighted by atomic mass is 9.47. The number of rotatable bonds is 11. The van der Waals surface area contributed by atoms with Gasteiger partial charge in [-0.1, -0.05) is 32.1 Å². The predicted octanol–water partition coefficient (Wildman–Crippen LogP) is 4.82. The first-order chi connectivity index (χ1) is 32.2. The minimum atomic E-state index is -2.29. The zero-order valence-corrected chi connectivity index (χ0v) is 41.3. The van der Waals surface area contributed by atoms with Crippen LogP contribution in [0.3, 0.4) is 0 Å². The van der Waals surface area contributed by atoms with E-state index in [2.05, 4.69) is 62.2 Å². The maximum Gasteiger partial charge on any atom is 0.344 e. The normalized spacial score (nSPS) is 39.0. The maximum atomic E-state index is 15.7. The Kier molecular flexibility index (Phi) is 12.1. The lowest BCUT2D eigenvalue weighted by Gasteiger charge is -2.63. The summed E-state index contributed by atoms with van der Waals surface area (Å²) in [7, 11) is 6.33. The Hall–Kier alpha value is -3.70. The number of carbonyl (C=O) groups excluding carboxylic acids is 3. The Morgan fingerprint density at radius 1 is 0.955 bits per heavy atom. The summed E-state index contributed by atoms with van der Waals surface area (Å²) < 4.78 is 24.4. The number of aromatic nitrogens is 1. The van der Waals surface area contributed by atoms with Crippen LogP contribution in [-0.2, 0) is 45.2 Å². The molecule has 1 aromatic carbocycles. The highest BCUT2D eigenvalue weighted by molar-refractivity contribution is 7.99. The third-order valence-corrected chi connectivity index (χ3v) is 18.9. The molecule has 8 aliphatic rings. The molecule has 2 bridgehead atoms. The minimum absolute atomic E-state index is 0.0768. The summed E-state index contributed by atoms with van der Waals surface area (Å²) in [5.41, 5.74) is -1.81. The monoisotopic (exact) mass is 941 g/mol. The van der Waals surface area contributed by atoms with E-state index in [1.54, 1.807) is 7.11 Å². The molecule has 12 atom stereocenters. The van der Waals surface area contributed by atoms with Crippen LogP contribution in [0.5, 0.6) is 0 Å². The Bertz CT molecular complexity index is 2400. The van der Waals surface area contributed by atoms with Gasteiger partial charge in [0.05, 0.1) is 32.0 Å². The molecule has 2 aliphatic carbocycles. The summed E-state index contributed by atoms with van der Waals surface area (Å²) in [6, 6.07) is 5.45. The molecule has 0 radical (unpaired) electrons. The van der Waals surface area contributed by atoms with Gasteiger partial charge in [-0.3, -0.25) is 19.4 Å². The number of methoxy groups -OCH3 is 3. The summed E-state index contributed by atoms with van der Waals surface area (Å²) >= 11 is 1.87. The summed E-state index contributed by atoms with van der Waals surface area (Å²) in [6.07, 6.45) is 12.3. The number of hydrogen-bond donors (Lipinski definition) is 3. The number of allylic oxidation sites excluding steroid dienone is 1. The number of aliphatic hydroxyl groups is 2. The van der Waals surface area contributed by atoms with Gasteiger partial charge >= 0.3 is 17.9 Å². The van der Waals surface area contributed by atoms with E-state index in [0.717, 1.165) is 71.9 Å². The Morgan fingerprint density at radius 3 is 2.43 bits per heavy atom. The van der Waals surface area contributed by atoms with Crippen LogP contribution in [0, 0.1) is 22.7 Å². The van der Waals surface area contributed by atoms with E-state index in [1.807, 2.05) is 37.6 Å². The van der Waals surface area contributed by atoms with Crippen molar-refractivity contribution in [3.05, 3.63) is 65.0 Å². The van der Waals surface area contributed by atoms with Crippen LogP contribution < -0.4 is 0 Å². The van der Waals surface area contributed by atoms with Crippen molar-refractivity contribution in [2.24, 2.45) is 22.7 Å². The number of aromatic amines is 1. The SMILES string of the molecule is CC[C@]1(O)C[C@H]2CN(CCc3c([nH]c4ccc(SCCN5CCCC5)cc34)[C@@](C(=O)OC)(C3C=C4C(=CC3OC)N(C)[C@H]3[C@@](O)(C(=O)OC)[C@H](OC(C)=O)[C@]5(CC)C=CCN6CC[C@]43[C@@H]65)C2)C1. The zero-order valence-electron chi connectivity index (χ0n) is 40.5. The number of nitrogens with zero attached hydrogens (tertiary/aromatic N) is 4. The molecule has 67 heavy (non-hydrogen) atoms. The van der Waals surface area contributed by atoms with Gasteiger partial charge < -0.3 is 43.9 Å². The second-order valence-corrected chi connectivity index (χ2v) is 22.3. The second kappa shape index (κ2) is 17.3. The van der Waals surface area contributed by atoms with E-state index in [-0.39, 0.29) is 17.9 Å². The summed E-state index contributed by atoms with van der Waals surface area (Å²) in [5, 5.41) is 26.7. The third kappa shape index (κ3) is 6.89. The first kappa shape index (κ1) is 47.0. The maximum absolute atomic E-state index is 15.7. The number of likely N-dealkylation sites (N-methyl/N-ethyl adjacent to an activating group) is 1. The quantitative estimate of drug-likeness (QED) is 0.122. The smallest absolute Gasteiger partial charge is 0.344 e. The van der Waals surface area contributed by atoms with Gasteiger partial charge in [-0.05, 0) is 112 Å². The Labute approximate surface area is 399 Å². The molecule has 1 aromatic heterocycles. The number of fused-ring (bicyclic) bond motifs is 6. The molecule has 10 rings (SSSR count). The van der Waals surface area contributed by atoms with Gasteiger partial charge in [0.1, 0.15) is 5.41 Å². The van der Waals surface area contributed by atoms with E-state index in [1.165, 1.54) is 38.9 Å². The molecular formula is C52H71N5O9S. The lowest BCUT2D eigenvalue weighted by molar-refractivity contribution is -0.243. The van der Waals surface area contributed by atoms with Crippen LogP contribution in [0.15, 0.2) is 58.7 Å². The highest BCUT2D eigenvalue weighted by atomic mass is 32.2. The van der Waals surface area contributed by atoms with Crippen molar-refractivity contribution in [2.45, 2.75) is 118 Å². The van der Waals surface area contributed by atoms with Crippen LogP contribution in [0.1, 0.15) is 77.0 Å². The fourth-order valence-corrected chi connectivity index (χ4v) is 16.3. The third-order valence-electron chi connectivity index (χ3n) is 18.0. The number of benzene rings is 1. The van der Waals surface area contributed by atoms with E-state index < -0.39 is 63.6 Å². The summed E-state index contributed by atoms with van der Waals surface area (Å²) in [5.74, 6) is -1.54. The first-order valence-electron chi connectivity index (χ1n) is 24.8. The van der Waals surface area contributed by atoms with Crippen LogP contribution in [0.25, 0.3) is 10.9 Å². The first-order valence-corrected chi connectivity index (χ1v) is 25.8. The Morgan fingerprint density at radius 2 is 1.73 bits per heavy atom. The zero-order chi connectivity index (χ0) is 47.3. The van der Waals surface area contributed by atoms with E-state index in [0.29, 0.717) is 58.2 Å². The number of likely N-dealkylation sites (tertiary alicyclic amines) is 2. The number of H-pyrrole nitrogens is 1. The van der Waals surface area contributed by atoms with Gasteiger partial charge in [-0.25, -0.2) is 4.79 Å². The number of ether oxygens (including phenoxy) is 4. The highest BCUT2D eigenvalue weighted by Crippen LogP contribution is 2.70. The number of esters is 3. The molecule has 15 heteroatoms. The number of piperidine rings is 1. The minimum Gasteiger partial charge on any atom is -0.468 e. The number of hydrogen-bond acceptors (Lipinski definition) is 14. The molecule has 3 N–H and O–H groups in total. The molecule has 4 saturated heterocycles. The second-order valence-electron chi connectivity index (χ2n) is 21.1. The van der Waals surface area contributed by atoms with Gasteiger partial charge in [0.2, 0.25) is 5.60 Å². The van der Waals surface area contributed by atoms with Gasteiger partial charge in [0, 0.05) is 110 Å². The molecule has 1 spiro atoms. The standard InChI is InChI=1S/C52H71N5O9S/c1-8-48(61)28-33-29-51(46(59)64-6,42-35(15-21-56(30-33)31-48)36-25-34(13-14-39(36)53-42)67-24-23-55-18-10-11-19-55)38-26-37-40(27-41(38)63-5)54(4)44-50(37)17-22-57-20-12-16-49(9-2,43(50)57)45(66-32(3)58)52(44,62)47(60)65-7/h12-14,16,25-27,33,38,41,43-45,53,61-62H,8-11,15,17-24,28-31H2,1-7H3/t33-,38?,41?,43+,44-,45-,48+,49-,50-,51+,52+/m1/s1. The highest BCUT2D eigenvalue weighted by Gasteiger charge is 2.81. The molecule has 14 nitrogen and oxygen atoms in total. The van der Waals surface area contributed by atoms with Crippen molar-refractivity contribution in [1.29, 1.82) is 0 Å². The van der Waals surface area contributed by atoms with Crippen molar-refractivity contribution in [2.75, 3.05) is 86.5 Å². The lowest BCUT2D eigenvalue weighted by Crippen LogP contribution is -2.79. The van der Waals surface area contributed by atoms with Crippen molar-refractivity contribution in [3.8, 4) is 0 Å².